The highest BCUT2D eigenvalue weighted by Gasteiger charge is 2.27. The molecule has 2 aromatic rings. The molecule has 24 heavy (non-hydrogen) atoms. The summed E-state index contributed by atoms with van der Waals surface area (Å²) in [6.07, 6.45) is 4.53. The number of nitrogens with one attached hydrogen (secondary N) is 1. The van der Waals surface area contributed by atoms with E-state index < -0.39 is 10.0 Å². The Kier molecular flexibility index (Phi) is 4.78. The van der Waals surface area contributed by atoms with E-state index in [1.807, 2.05) is 12.1 Å². The number of anilines is 2. The van der Waals surface area contributed by atoms with Gasteiger partial charge in [-0.2, -0.15) is 4.31 Å². The summed E-state index contributed by atoms with van der Waals surface area (Å²) in [5.41, 5.74) is 1.16. The largest absolute Gasteiger partial charge is 0.335 e. The van der Waals surface area contributed by atoms with E-state index in [-0.39, 0.29) is 5.91 Å². The van der Waals surface area contributed by atoms with Crippen molar-refractivity contribution in [2.24, 2.45) is 0 Å². The number of pyridine rings is 1. The number of thiazole rings is 1. The van der Waals surface area contributed by atoms with Gasteiger partial charge in [-0.3, -0.25) is 9.78 Å². The zero-order valence-corrected chi connectivity index (χ0v) is 14.7. The zero-order chi connectivity index (χ0) is 17.2. The highest BCUT2D eigenvalue weighted by Crippen LogP contribution is 2.21. The Balaban J connectivity index is 1.62. The van der Waals surface area contributed by atoms with Crippen molar-refractivity contribution in [2.45, 2.75) is 0 Å². The van der Waals surface area contributed by atoms with Gasteiger partial charge in [0.25, 0.3) is 5.91 Å². The summed E-state index contributed by atoms with van der Waals surface area (Å²) in [7, 11) is -3.20. The fourth-order valence-electron chi connectivity index (χ4n) is 2.37. The molecule has 3 rings (SSSR count). The minimum Gasteiger partial charge on any atom is -0.335 e. The van der Waals surface area contributed by atoms with Gasteiger partial charge in [-0.05, 0) is 12.1 Å². The van der Waals surface area contributed by atoms with Gasteiger partial charge in [0, 0.05) is 37.8 Å². The SMILES string of the molecule is CS(=O)(=O)N1CCN(C(=O)c2csc(Nc3cccnc3)n2)CC1. The maximum absolute atomic E-state index is 12.5. The van der Waals surface area contributed by atoms with Crippen LogP contribution in [0.5, 0.6) is 0 Å². The molecule has 0 radical (unpaired) electrons. The first-order valence-electron chi connectivity index (χ1n) is 7.30. The number of carbonyl (C=O) groups is 1. The second kappa shape index (κ2) is 6.83. The number of carbonyl (C=O) groups excluding carboxylic acids is 1. The van der Waals surface area contributed by atoms with E-state index in [0.717, 1.165) is 5.69 Å². The molecule has 0 atom stereocenters. The third-order valence-corrected chi connectivity index (χ3v) is 5.69. The quantitative estimate of drug-likeness (QED) is 0.866. The summed E-state index contributed by atoms with van der Waals surface area (Å²) in [6, 6.07) is 3.67. The molecule has 0 bridgehead atoms. The molecule has 8 nitrogen and oxygen atoms in total. The lowest BCUT2D eigenvalue weighted by molar-refractivity contribution is 0.0693. The molecule has 1 amide bonds. The summed E-state index contributed by atoms with van der Waals surface area (Å²) in [4.78, 5) is 22.4. The smallest absolute Gasteiger partial charge is 0.273 e. The van der Waals surface area contributed by atoms with Crippen LogP contribution in [0.1, 0.15) is 10.5 Å². The Morgan fingerprint density at radius 1 is 1.29 bits per heavy atom. The van der Waals surface area contributed by atoms with Crippen LogP contribution in [0.2, 0.25) is 0 Å². The van der Waals surface area contributed by atoms with Crippen LogP contribution < -0.4 is 5.32 Å². The van der Waals surface area contributed by atoms with Crippen molar-refractivity contribution in [1.82, 2.24) is 19.2 Å². The van der Waals surface area contributed by atoms with Crippen molar-refractivity contribution in [3.05, 3.63) is 35.6 Å². The molecule has 10 heteroatoms. The van der Waals surface area contributed by atoms with Gasteiger partial charge < -0.3 is 10.2 Å². The Labute approximate surface area is 144 Å². The summed E-state index contributed by atoms with van der Waals surface area (Å²) >= 11 is 1.34. The van der Waals surface area contributed by atoms with E-state index in [0.29, 0.717) is 37.0 Å². The van der Waals surface area contributed by atoms with Crippen molar-refractivity contribution in [3.8, 4) is 0 Å². The lowest BCUT2D eigenvalue weighted by Gasteiger charge is -2.32. The Morgan fingerprint density at radius 3 is 2.67 bits per heavy atom. The molecular formula is C14H17N5O3S2. The third-order valence-electron chi connectivity index (χ3n) is 3.63. The lowest BCUT2D eigenvalue weighted by atomic mass is 10.3. The first-order chi connectivity index (χ1) is 11.4. The number of hydrogen-bond donors (Lipinski definition) is 1. The van der Waals surface area contributed by atoms with Gasteiger partial charge in [-0.1, -0.05) is 0 Å². The van der Waals surface area contributed by atoms with E-state index in [9.17, 15) is 13.2 Å². The van der Waals surface area contributed by atoms with Gasteiger partial charge in [-0.15, -0.1) is 11.3 Å². The molecule has 0 unspecified atom stereocenters. The number of nitrogens with zero attached hydrogens (tertiary/aromatic N) is 4. The summed E-state index contributed by atoms with van der Waals surface area (Å²) in [5, 5.41) is 5.41. The Bertz CT molecular complexity index is 814. The number of aromatic nitrogens is 2. The summed E-state index contributed by atoms with van der Waals surface area (Å²) in [5.74, 6) is -0.182. The van der Waals surface area contributed by atoms with Crippen LogP contribution in [-0.2, 0) is 10.0 Å². The fraction of sp³-hybridized carbons (Fsp3) is 0.357. The van der Waals surface area contributed by atoms with E-state index in [1.165, 1.54) is 21.9 Å². The van der Waals surface area contributed by atoms with Crippen molar-refractivity contribution in [1.29, 1.82) is 0 Å². The van der Waals surface area contributed by atoms with Crippen molar-refractivity contribution < 1.29 is 13.2 Å². The van der Waals surface area contributed by atoms with Gasteiger partial charge >= 0.3 is 0 Å². The van der Waals surface area contributed by atoms with Gasteiger partial charge in [-0.25, -0.2) is 13.4 Å². The molecule has 0 aromatic carbocycles. The third kappa shape index (κ3) is 3.89. The van der Waals surface area contributed by atoms with Gasteiger partial charge in [0.15, 0.2) is 5.13 Å². The van der Waals surface area contributed by atoms with Crippen LogP contribution in [0.15, 0.2) is 29.9 Å². The minimum atomic E-state index is -3.20. The van der Waals surface area contributed by atoms with Crippen LogP contribution >= 0.6 is 11.3 Å². The van der Waals surface area contributed by atoms with Crippen molar-refractivity contribution >= 4 is 38.1 Å². The van der Waals surface area contributed by atoms with E-state index in [4.69, 9.17) is 0 Å². The van der Waals surface area contributed by atoms with E-state index in [2.05, 4.69) is 15.3 Å². The molecule has 2 aromatic heterocycles. The first kappa shape index (κ1) is 16.8. The van der Waals surface area contributed by atoms with Gasteiger partial charge in [0.1, 0.15) is 5.69 Å². The fourth-order valence-corrected chi connectivity index (χ4v) is 3.91. The minimum absolute atomic E-state index is 0.182. The number of rotatable bonds is 4. The average Bonchev–Trinajstić information content (AvgIpc) is 3.03. The predicted molar refractivity (Wildman–Crippen MR) is 92.0 cm³/mol. The average molecular weight is 367 g/mol. The summed E-state index contributed by atoms with van der Waals surface area (Å²) < 4.78 is 24.4. The van der Waals surface area contributed by atoms with E-state index in [1.54, 1.807) is 22.7 Å². The number of sulfonamides is 1. The molecule has 1 saturated heterocycles. The topological polar surface area (TPSA) is 95.5 Å². The normalized spacial score (nSPS) is 16.1. The number of amides is 1. The predicted octanol–water partition coefficient (Wildman–Crippen LogP) is 0.999. The number of hydrogen-bond acceptors (Lipinski definition) is 7. The molecule has 1 aliphatic heterocycles. The molecule has 128 valence electrons. The monoisotopic (exact) mass is 367 g/mol. The molecular weight excluding hydrogens is 350 g/mol. The maximum atomic E-state index is 12.5. The second-order valence-corrected chi connectivity index (χ2v) is 8.20. The van der Waals surface area contributed by atoms with Gasteiger partial charge in [0.05, 0.1) is 18.1 Å². The first-order valence-corrected chi connectivity index (χ1v) is 10.0. The second-order valence-electron chi connectivity index (χ2n) is 5.36. The van der Waals surface area contributed by atoms with Crippen LogP contribution in [-0.4, -0.2) is 65.9 Å². The van der Waals surface area contributed by atoms with Crippen molar-refractivity contribution in [3.63, 3.8) is 0 Å². The van der Waals surface area contributed by atoms with Crippen LogP contribution in [0.25, 0.3) is 0 Å². The van der Waals surface area contributed by atoms with Crippen LogP contribution in [0.4, 0.5) is 10.8 Å². The molecule has 3 heterocycles. The molecule has 0 spiro atoms. The van der Waals surface area contributed by atoms with Crippen LogP contribution in [0, 0.1) is 0 Å². The highest BCUT2D eigenvalue weighted by atomic mass is 32.2. The summed E-state index contributed by atoms with van der Waals surface area (Å²) in [6.45, 7) is 1.37. The van der Waals surface area contributed by atoms with Gasteiger partial charge in [0.2, 0.25) is 10.0 Å². The molecule has 1 fully saturated rings. The van der Waals surface area contributed by atoms with Crippen molar-refractivity contribution in [2.75, 3.05) is 37.8 Å². The van der Waals surface area contributed by atoms with Crippen LogP contribution in [0.3, 0.4) is 0 Å². The Hall–Kier alpha value is -2.04. The van der Waals surface area contributed by atoms with E-state index >= 15 is 0 Å². The maximum Gasteiger partial charge on any atom is 0.273 e. The molecule has 0 aliphatic carbocycles. The molecule has 0 saturated carbocycles. The Morgan fingerprint density at radius 2 is 2.04 bits per heavy atom. The zero-order valence-electron chi connectivity index (χ0n) is 13.0. The lowest BCUT2D eigenvalue weighted by Crippen LogP contribution is -2.50. The highest BCUT2D eigenvalue weighted by molar-refractivity contribution is 7.88. The molecule has 1 N–H and O–H groups in total. The molecule has 1 aliphatic rings. The standard InChI is InChI=1S/C14H17N5O3S2/c1-24(21,22)19-7-5-18(6-8-19)13(20)12-10-23-14(17-12)16-11-3-2-4-15-9-11/h2-4,9-10H,5-8H2,1H3,(H,16,17). The number of piperazine rings is 1.